The summed E-state index contributed by atoms with van der Waals surface area (Å²) in [5, 5.41) is 12.5. The van der Waals surface area contributed by atoms with Gasteiger partial charge in [-0.1, -0.05) is 127 Å². The quantitative estimate of drug-likeness (QED) is 0.182. The summed E-state index contributed by atoms with van der Waals surface area (Å²) in [5.74, 6) is 0. The van der Waals surface area contributed by atoms with Crippen LogP contribution in [-0.4, -0.2) is 4.57 Å². The molecule has 9 aromatic carbocycles. The van der Waals surface area contributed by atoms with Crippen LogP contribution in [0.1, 0.15) is 0 Å². The molecule has 222 valence electrons. The van der Waals surface area contributed by atoms with Crippen molar-refractivity contribution in [3.8, 4) is 27.9 Å². The molecule has 0 N–H and O–H groups in total. The van der Waals surface area contributed by atoms with E-state index in [0.29, 0.717) is 0 Å². The first-order chi connectivity index (χ1) is 23.8. The number of aromatic nitrogens is 1. The maximum Gasteiger partial charge on any atom is 0.160 e. The number of hydrogen-bond acceptors (Lipinski definition) is 1. The molecule has 2 heterocycles. The second-order valence-corrected chi connectivity index (χ2v) is 12.9. The Morgan fingerprint density at radius 3 is 1.75 bits per heavy atom. The minimum Gasteiger partial charge on any atom is -0.454 e. The molecule has 0 radical (unpaired) electrons. The lowest BCUT2D eigenvalue weighted by Gasteiger charge is -2.16. The molecule has 0 amide bonds. The molecular weight excluding hydrogens is 583 g/mol. The van der Waals surface area contributed by atoms with Crippen molar-refractivity contribution in [3.63, 3.8) is 0 Å². The van der Waals surface area contributed by atoms with E-state index in [1.807, 2.05) is 6.07 Å². The predicted molar refractivity (Wildman–Crippen MR) is 203 cm³/mol. The van der Waals surface area contributed by atoms with Gasteiger partial charge in [-0.3, -0.25) is 0 Å². The predicted octanol–water partition coefficient (Wildman–Crippen LogP) is 12.9. The van der Waals surface area contributed by atoms with Crippen molar-refractivity contribution in [1.29, 1.82) is 0 Å². The Bertz CT molecular complexity index is 3040. The van der Waals surface area contributed by atoms with Crippen LogP contribution in [-0.2, 0) is 0 Å². The van der Waals surface area contributed by atoms with Gasteiger partial charge < -0.3 is 8.98 Å². The van der Waals surface area contributed by atoms with Crippen LogP contribution in [0.3, 0.4) is 0 Å². The van der Waals surface area contributed by atoms with Gasteiger partial charge in [-0.2, -0.15) is 0 Å². The summed E-state index contributed by atoms with van der Waals surface area (Å²) in [6.07, 6.45) is 0. The molecule has 0 aliphatic heterocycles. The third-order valence-electron chi connectivity index (χ3n) is 10.3. The Balaban J connectivity index is 1.20. The molecule has 0 aliphatic rings. The van der Waals surface area contributed by atoms with Crippen molar-refractivity contribution in [2.45, 2.75) is 0 Å². The molecule has 0 fully saturated rings. The van der Waals surface area contributed by atoms with E-state index in [4.69, 9.17) is 4.42 Å². The highest BCUT2D eigenvalue weighted by atomic mass is 16.3. The fourth-order valence-corrected chi connectivity index (χ4v) is 8.22. The number of nitrogens with zero attached hydrogens (tertiary/aromatic N) is 1. The average Bonchev–Trinajstić information content (AvgIpc) is 3.70. The van der Waals surface area contributed by atoms with Crippen molar-refractivity contribution < 1.29 is 4.42 Å². The SMILES string of the molecule is c1ccc(-c2ccc3ccc4c(-c5ccc6c(c5)c5ccc7c8ccccc8oc7c5n6-c5ccccc5)ccc5ccc2c3c54)cc1. The van der Waals surface area contributed by atoms with E-state index in [1.165, 1.54) is 65.3 Å². The molecule has 2 heteroatoms. The highest BCUT2D eigenvalue weighted by molar-refractivity contribution is 6.28. The van der Waals surface area contributed by atoms with E-state index in [0.717, 1.165) is 38.7 Å². The monoisotopic (exact) mass is 609 g/mol. The van der Waals surface area contributed by atoms with Gasteiger partial charge in [-0.05, 0) is 91.0 Å². The fraction of sp³-hybridized carbons (Fsp3) is 0. The Labute approximate surface area is 276 Å². The third-order valence-corrected chi connectivity index (χ3v) is 10.3. The van der Waals surface area contributed by atoms with Crippen LogP contribution < -0.4 is 0 Å². The van der Waals surface area contributed by atoms with Crippen molar-refractivity contribution in [3.05, 3.63) is 164 Å². The van der Waals surface area contributed by atoms with E-state index in [9.17, 15) is 0 Å². The molecule has 2 nitrogen and oxygen atoms in total. The van der Waals surface area contributed by atoms with Crippen LogP contribution in [0.4, 0.5) is 0 Å². The van der Waals surface area contributed by atoms with Crippen molar-refractivity contribution in [2.75, 3.05) is 0 Å². The van der Waals surface area contributed by atoms with Crippen LogP contribution in [0.25, 0.3) is 104 Å². The summed E-state index contributed by atoms with van der Waals surface area (Å²) in [6, 6.07) is 59.5. The van der Waals surface area contributed by atoms with E-state index in [1.54, 1.807) is 0 Å². The molecule has 11 rings (SSSR count). The van der Waals surface area contributed by atoms with Gasteiger partial charge in [0.25, 0.3) is 0 Å². The minimum absolute atomic E-state index is 0.912. The minimum atomic E-state index is 0.912. The van der Waals surface area contributed by atoms with Gasteiger partial charge in [0.05, 0.1) is 11.0 Å². The lowest BCUT2D eigenvalue weighted by Crippen LogP contribution is -1.93. The Hall–Kier alpha value is -6.38. The van der Waals surface area contributed by atoms with Crippen LogP contribution >= 0.6 is 0 Å². The van der Waals surface area contributed by atoms with Crippen molar-refractivity contribution in [2.24, 2.45) is 0 Å². The van der Waals surface area contributed by atoms with Crippen LogP contribution in [0.15, 0.2) is 168 Å². The molecule has 0 spiro atoms. The maximum absolute atomic E-state index is 6.62. The smallest absolute Gasteiger partial charge is 0.160 e. The highest BCUT2D eigenvalue weighted by Crippen LogP contribution is 2.45. The number of fused-ring (bicyclic) bond motifs is 7. The number of furan rings is 1. The van der Waals surface area contributed by atoms with Gasteiger partial charge in [0.15, 0.2) is 5.58 Å². The number of para-hydroxylation sites is 2. The standard InChI is InChI=1S/C46H27NO/c1-3-9-28(10-4-1)33-20-15-29-18-23-37-34(21-16-30-17-22-36(33)43(29)44(30)37)31-19-26-41-40(27-31)38-24-25-39-35-13-7-8-14-42(35)48-46(39)45(38)47(41)32-11-5-2-6-12-32/h1-27H. The molecular formula is C46H27NO. The molecule has 2 aromatic heterocycles. The zero-order valence-electron chi connectivity index (χ0n) is 25.9. The van der Waals surface area contributed by atoms with Crippen LogP contribution in [0.5, 0.6) is 0 Å². The number of hydrogen-bond donors (Lipinski definition) is 0. The molecule has 0 bridgehead atoms. The zero-order valence-corrected chi connectivity index (χ0v) is 25.9. The van der Waals surface area contributed by atoms with Gasteiger partial charge in [0, 0.05) is 27.2 Å². The summed E-state index contributed by atoms with van der Waals surface area (Å²) in [7, 11) is 0. The molecule has 48 heavy (non-hydrogen) atoms. The number of benzene rings is 9. The summed E-state index contributed by atoms with van der Waals surface area (Å²) < 4.78 is 8.99. The Morgan fingerprint density at radius 2 is 1.00 bits per heavy atom. The molecule has 0 saturated heterocycles. The van der Waals surface area contributed by atoms with Gasteiger partial charge in [0.1, 0.15) is 5.58 Å². The normalized spacial score (nSPS) is 12.2. The zero-order chi connectivity index (χ0) is 31.3. The molecule has 11 aromatic rings. The summed E-state index contributed by atoms with van der Waals surface area (Å²) in [6.45, 7) is 0. The fourth-order valence-electron chi connectivity index (χ4n) is 8.22. The van der Waals surface area contributed by atoms with Gasteiger partial charge >= 0.3 is 0 Å². The van der Waals surface area contributed by atoms with Gasteiger partial charge in [0.2, 0.25) is 0 Å². The number of rotatable bonds is 3. The lowest BCUT2D eigenvalue weighted by atomic mass is 9.87. The first-order valence-corrected chi connectivity index (χ1v) is 16.5. The summed E-state index contributed by atoms with van der Waals surface area (Å²) in [4.78, 5) is 0. The topological polar surface area (TPSA) is 18.1 Å². The van der Waals surface area contributed by atoms with Crippen LogP contribution in [0, 0.1) is 0 Å². The van der Waals surface area contributed by atoms with E-state index in [2.05, 4.69) is 162 Å². The molecule has 0 unspecified atom stereocenters. The first-order valence-electron chi connectivity index (χ1n) is 16.5. The van der Waals surface area contributed by atoms with Crippen LogP contribution in [0.2, 0.25) is 0 Å². The largest absolute Gasteiger partial charge is 0.454 e. The first kappa shape index (κ1) is 25.8. The average molecular weight is 610 g/mol. The van der Waals surface area contributed by atoms with E-state index >= 15 is 0 Å². The second-order valence-electron chi connectivity index (χ2n) is 12.9. The molecule has 0 atom stereocenters. The van der Waals surface area contributed by atoms with Gasteiger partial charge in [-0.15, -0.1) is 0 Å². The maximum atomic E-state index is 6.62. The van der Waals surface area contributed by atoms with Crippen molar-refractivity contribution in [1.82, 2.24) is 4.57 Å². The lowest BCUT2D eigenvalue weighted by molar-refractivity contribution is 0.671. The summed E-state index contributed by atoms with van der Waals surface area (Å²) in [5.41, 5.74) is 10.2. The third kappa shape index (κ3) is 3.46. The molecule has 0 saturated carbocycles. The summed E-state index contributed by atoms with van der Waals surface area (Å²) >= 11 is 0. The Morgan fingerprint density at radius 1 is 0.396 bits per heavy atom. The Kier molecular flexibility index (Phi) is 5.14. The van der Waals surface area contributed by atoms with Gasteiger partial charge in [-0.25, -0.2) is 0 Å². The highest BCUT2D eigenvalue weighted by Gasteiger charge is 2.20. The van der Waals surface area contributed by atoms with E-state index < -0.39 is 0 Å². The van der Waals surface area contributed by atoms with Crippen molar-refractivity contribution >= 4 is 76.1 Å². The van der Waals surface area contributed by atoms with E-state index in [-0.39, 0.29) is 0 Å². The molecule has 0 aliphatic carbocycles. The second kappa shape index (κ2) is 9.57.